The predicted octanol–water partition coefficient (Wildman–Crippen LogP) is 3.72. The van der Waals surface area contributed by atoms with Gasteiger partial charge < -0.3 is 10.4 Å². The molecule has 1 amide bonds. The molecule has 2 N–H and O–H groups in total. The van der Waals surface area contributed by atoms with E-state index in [0.717, 1.165) is 17.3 Å². The molecule has 25 heavy (non-hydrogen) atoms. The van der Waals surface area contributed by atoms with Gasteiger partial charge in [-0.05, 0) is 48.5 Å². The number of aryl methyl sites for hydroxylation is 1. The van der Waals surface area contributed by atoms with Crippen LogP contribution in [0.15, 0.2) is 52.4 Å². The second kappa shape index (κ2) is 6.90. The molecule has 0 atom stereocenters. The van der Waals surface area contributed by atoms with Crippen molar-refractivity contribution < 1.29 is 19.1 Å². The van der Waals surface area contributed by atoms with Crippen molar-refractivity contribution in [2.45, 2.75) is 6.92 Å². The van der Waals surface area contributed by atoms with E-state index in [1.165, 1.54) is 24.3 Å². The third kappa shape index (κ3) is 3.77. The van der Waals surface area contributed by atoms with Crippen molar-refractivity contribution in [1.82, 2.24) is 5.32 Å². The number of amides is 1. The smallest absolute Gasteiger partial charge is 0.335 e. The highest BCUT2D eigenvalue weighted by molar-refractivity contribution is 8.18. The van der Waals surface area contributed by atoms with Crippen LogP contribution >= 0.6 is 11.8 Å². The average Bonchev–Trinajstić information content (AvgIpc) is 2.91. The molecule has 1 saturated heterocycles. The summed E-state index contributed by atoms with van der Waals surface area (Å²) in [5.41, 5.74) is 1.65. The molecule has 0 bridgehead atoms. The third-order valence-corrected chi connectivity index (χ3v) is 4.43. The lowest BCUT2D eigenvalue weighted by Gasteiger charge is -2.03. The molecule has 1 fully saturated rings. The Labute approximate surface area is 147 Å². The Morgan fingerprint density at radius 2 is 2.04 bits per heavy atom. The van der Waals surface area contributed by atoms with Crippen LogP contribution in [-0.4, -0.2) is 22.2 Å². The number of halogens is 1. The number of carboxylic acids is 1. The maximum atomic E-state index is 13.7. The van der Waals surface area contributed by atoms with Crippen molar-refractivity contribution >= 4 is 40.6 Å². The number of hydrogen-bond donors (Lipinski definition) is 2. The zero-order chi connectivity index (χ0) is 18.0. The van der Waals surface area contributed by atoms with Crippen molar-refractivity contribution in [3.8, 4) is 0 Å². The second-order valence-electron chi connectivity index (χ2n) is 5.31. The van der Waals surface area contributed by atoms with Crippen LogP contribution in [0.5, 0.6) is 0 Å². The predicted molar refractivity (Wildman–Crippen MR) is 95.3 cm³/mol. The van der Waals surface area contributed by atoms with E-state index in [9.17, 15) is 14.0 Å². The topological polar surface area (TPSA) is 78.8 Å². The summed E-state index contributed by atoms with van der Waals surface area (Å²) in [6, 6.07) is 10.7. The molecular weight excluding hydrogens is 343 g/mol. The first-order valence-corrected chi connectivity index (χ1v) is 8.14. The largest absolute Gasteiger partial charge is 0.478 e. The van der Waals surface area contributed by atoms with Crippen LogP contribution in [0.1, 0.15) is 21.5 Å². The van der Waals surface area contributed by atoms with Gasteiger partial charge >= 0.3 is 5.97 Å². The van der Waals surface area contributed by atoms with Crippen LogP contribution in [0, 0.1) is 12.7 Å². The maximum absolute atomic E-state index is 13.7. The minimum atomic E-state index is -1.05. The number of hydrogen-bond acceptors (Lipinski definition) is 4. The first-order chi connectivity index (χ1) is 11.9. The minimum absolute atomic E-state index is 0.112. The van der Waals surface area contributed by atoms with Gasteiger partial charge in [-0.15, -0.1) is 0 Å². The van der Waals surface area contributed by atoms with E-state index in [-0.39, 0.29) is 11.5 Å². The number of nitrogens with zero attached hydrogens (tertiary/aromatic N) is 1. The van der Waals surface area contributed by atoms with Crippen LogP contribution in [0.4, 0.5) is 10.1 Å². The molecule has 1 aliphatic rings. The van der Waals surface area contributed by atoms with Crippen LogP contribution in [0.2, 0.25) is 0 Å². The number of benzene rings is 2. The summed E-state index contributed by atoms with van der Waals surface area (Å²) in [5, 5.41) is 12.0. The van der Waals surface area contributed by atoms with Crippen molar-refractivity contribution in [2.75, 3.05) is 0 Å². The number of carbonyl (C=O) groups is 2. The molecule has 3 rings (SSSR count). The van der Waals surface area contributed by atoms with E-state index in [1.54, 1.807) is 31.2 Å². The van der Waals surface area contributed by atoms with Crippen LogP contribution < -0.4 is 5.32 Å². The lowest BCUT2D eigenvalue weighted by Crippen LogP contribution is -2.19. The van der Waals surface area contributed by atoms with Crippen LogP contribution in [0.25, 0.3) is 6.08 Å². The molecule has 2 aromatic carbocycles. The van der Waals surface area contributed by atoms with Crippen LogP contribution in [-0.2, 0) is 4.79 Å². The van der Waals surface area contributed by atoms with Gasteiger partial charge in [-0.1, -0.05) is 24.3 Å². The molecule has 0 spiro atoms. The first-order valence-electron chi connectivity index (χ1n) is 7.32. The summed E-state index contributed by atoms with van der Waals surface area (Å²) in [7, 11) is 0. The molecule has 0 aromatic heterocycles. The Bertz CT molecular complexity index is 938. The van der Waals surface area contributed by atoms with Gasteiger partial charge in [0, 0.05) is 5.56 Å². The summed E-state index contributed by atoms with van der Waals surface area (Å²) in [6.07, 6.45) is 1.46. The Morgan fingerprint density at radius 3 is 2.76 bits per heavy atom. The lowest BCUT2D eigenvalue weighted by atomic mass is 10.1. The number of carboxylic acid groups (broad SMARTS) is 1. The molecule has 0 aliphatic carbocycles. The number of thioether (sulfide) groups is 1. The Balaban J connectivity index is 1.90. The zero-order valence-electron chi connectivity index (χ0n) is 13.1. The SMILES string of the molecule is Cc1ccc(C(=O)O)cc1N=C1NC(=O)C(=Cc2ccccc2F)S1. The Kier molecular flexibility index (Phi) is 4.67. The lowest BCUT2D eigenvalue weighted by molar-refractivity contribution is -0.115. The molecule has 7 heteroatoms. The summed E-state index contributed by atoms with van der Waals surface area (Å²) in [4.78, 5) is 27.8. The number of rotatable bonds is 3. The second-order valence-corrected chi connectivity index (χ2v) is 6.34. The maximum Gasteiger partial charge on any atom is 0.335 e. The minimum Gasteiger partial charge on any atom is -0.478 e. The Morgan fingerprint density at radius 1 is 1.28 bits per heavy atom. The fourth-order valence-corrected chi connectivity index (χ4v) is 3.01. The summed E-state index contributed by atoms with van der Waals surface area (Å²) in [6.45, 7) is 1.79. The van der Waals surface area contributed by atoms with E-state index in [0.29, 0.717) is 21.3 Å². The fourth-order valence-electron chi connectivity index (χ4n) is 2.19. The van der Waals surface area contributed by atoms with E-state index in [1.807, 2.05) is 0 Å². The monoisotopic (exact) mass is 356 g/mol. The molecule has 0 saturated carbocycles. The zero-order valence-corrected chi connectivity index (χ0v) is 13.9. The van der Waals surface area contributed by atoms with E-state index in [4.69, 9.17) is 5.11 Å². The van der Waals surface area contributed by atoms with E-state index < -0.39 is 11.8 Å². The Hall–Kier alpha value is -2.93. The highest BCUT2D eigenvalue weighted by Gasteiger charge is 2.24. The standard InChI is InChI=1S/C18H13FN2O3S/c1-10-6-7-12(17(23)24)8-14(10)20-18-21-16(22)15(25-18)9-11-4-2-3-5-13(11)19/h2-9H,1H3,(H,23,24)(H,20,21,22). The highest BCUT2D eigenvalue weighted by atomic mass is 32.2. The van der Waals surface area contributed by atoms with Gasteiger partial charge in [0.15, 0.2) is 5.17 Å². The normalized spacial score (nSPS) is 17.1. The fraction of sp³-hybridized carbons (Fsp3) is 0.0556. The number of aliphatic imine (C=N–C) groups is 1. The quantitative estimate of drug-likeness (QED) is 0.822. The average molecular weight is 356 g/mol. The molecule has 5 nitrogen and oxygen atoms in total. The molecule has 2 aromatic rings. The number of carbonyl (C=O) groups excluding carboxylic acids is 1. The third-order valence-electron chi connectivity index (χ3n) is 3.52. The van der Waals surface area contributed by atoms with Gasteiger partial charge in [0.05, 0.1) is 16.2 Å². The first kappa shape index (κ1) is 16.9. The molecule has 0 unspecified atom stereocenters. The summed E-state index contributed by atoms with van der Waals surface area (Å²) >= 11 is 1.08. The van der Waals surface area contributed by atoms with Gasteiger partial charge in [-0.25, -0.2) is 14.2 Å². The van der Waals surface area contributed by atoms with Gasteiger partial charge in [-0.3, -0.25) is 4.79 Å². The molecule has 1 heterocycles. The molecule has 1 aliphatic heterocycles. The van der Waals surface area contributed by atoms with E-state index in [2.05, 4.69) is 10.3 Å². The number of nitrogens with one attached hydrogen (secondary N) is 1. The summed E-state index contributed by atoms with van der Waals surface area (Å²) < 4.78 is 13.7. The molecule has 126 valence electrons. The highest BCUT2D eigenvalue weighted by Crippen LogP contribution is 2.30. The van der Waals surface area contributed by atoms with Crippen LogP contribution in [0.3, 0.4) is 0 Å². The van der Waals surface area contributed by atoms with Crippen molar-refractivity contribution in [2.24, 2.45) is 4.99 Å². The van der Waals surface area contributed by atoms with Gasteiger partial charge in [0.25, 0.3) is 5.91 Å². The number of aromatic carboxylic acids is 1. The molecule has 0 radical (unpaired) electrons. The van der Waals surface area contributed by atoms with Crippen molar-refractivity contribution in [3.63, 3.8) is 0 Å². The van der Waals surface area contributed by atoms with Gasteiger partial charge in [0.2, 0.25) is 0 Å². The number of amidine groups is 1. The molecular formula is C18H13FN2O3S. The summed E-state index contributed by atoms with van der Waals surface area (Å²) in [5.74, 6) is -1.84. The van der Waals surface area contributed by atoms with Gasteiger partial charge in [-0.2, -0.15) is 0 Å². The van der Waals surface area contributed by atoms with E-state index >= 15 is 0 Å². The van der Waals surface area contributed by atoms with Gasteiger partial charge in [0.1, 0.15) is 5.82 Å². The van der Waals surface area contributed by atoms with Crippen molar-refractivity contribution in [1.29, 1.82) is 0 Å². The van der Waals surface area contributed by atoms with Crippen molar-refractivity contribution in [3.05, 3.63) is 69.9 Å².